The van der Waals surface area contributed by atoms with Crippen molar-refractivity contribution in [3.63, 3.8) is 0 Å². The molecule has 1 aromatic rings. The SMILES string of the molecule is CC(=O)NCCC#Cc1ccccc1Br. The first kappa shape index (κ1) is 11.8. The fraction of sp³-hybridized carbons (Fsp3) is 0.250. The Morgan fingerprint density at radius 2 is 2.20 bits per heavy atom. The molecule has 1 N–H and O–H groups in total. The lowest BCUT2D eigenvalue weighted by atomic mass is 10.2. The minimum Gasteiger partial charge on any atom is -0.355 e. The third kappa shape index (κ3) is 4.66. The van der Waals surface area contributed by atoms with Gasteiger partial charge in [0.1, 0.15) is 0 Å². The van der Waals surface area contributed by atoms with Crippen molar-refractivity contribution in [2.45, 2.75) is 13.3 Å². The Bertz CT molecular complexity index is 404. The van der Waals surface area contributed by atoms with Crippen LogP contribution in [0.1, 0.15) is 18.9 Å². The molecule has 0 aromatic heterocycles. The van der Waals surface area contributed by atoms with Crippen LogP contribution >= 0.6 is 15.9 Å². The Balaban J connectivity index is 2.45. The van der Waals surface area contributed by atoms with Gasteiger partial charge in [-0.3, -0.25) is 4.79 Å². The molecule has 2 nitrogen and oxygen atoms in total. The number of carbonyl (C=O) groups excluding carboxylic acids is 1. The minimum atomic E-state index is -0.0160. The summed E-state index contributed by atoms with van der Waals surface area (Å²) in [4.78, 5) is 10.6. The zero-order chi connectivity index (χ0) is 11.1. The van der Waals surface area contributed by atoms with Crippen molar-refractivity contribution in [1.82, 2.24) is 5.32 Å². The second-order valence-electron chi connectivity index (χ2n) is 3.01. The van der Waals surface area contributed by atoms with Crippen LogP contribution in [0, 0.1) is 11.8 Å². The van der Waals surface area contributed by atoms with Gasteiger partial charge in [-0.25, -0.2) is 0 Å². The molecular weight excluding hydrogens is 254 g/mol. The second-order valence-corrected chi connectivity index (χ2v) is 3.87. The highest BCUT2D eigenvalue weighted by Gasteiger charge is 1.92. The zero-order valence-corrected chi connectivity index (χ0v) is 10.1. The lowest BCUT2D eigenvalue weighted by Gasteiger charge is -1.95. The summed E-state index contributed by atoms with van der Waals surface area (Å²) in [7, 11) is 0. The van der Waals surface area contributed by atoms with Crippen LogP contribution in [0.4, 0.5) is 0 Å². The van der Waals surface area contributed by atoms with Crippen molar-refractivity contribution in [1.29, 1.82) is 0 Å². The summed E-state index contributed by atoms with van der Waals surface area (Å²) in [6.45, 7) is 2.11. The summed E-state index contributed by atoms with van der Waals surface area (Å²) in [5.41, 5.74) is 0.973. The van der Waals surface area contributed by atoms with Crippen LogP contribution in [-0.4, -0.2) is 12.5 Å². The predicted molar refractivity (Wildman–Crippen MR) is 64.3 cm³/mol. The Morgan fingerprint density at radius 1 is 1.47 bits per heavy atom. The Hall–Kier alpha value is -1.27. The van der Waals surface area contributed by atoms with E-state index in [0.29, 0.717) is 13.0 Å². The van der Waals surface area contributed by atoms with Gasteiger partial charge in [0.25, 0.3) is 0 Å². The highest BCUT2D eigenvalue weighted by Crippen LogP contribution is 2.13. The third-order valence-corrected chi connectivity index (χ3v) is 2.41. The van der Waals surface area contributed by atoms with Gasteiger partial charge in [-0.2, -0.15) is 0 Å². The van der Waals surface area contributed by atoms with Crippen LogP contribution in [-0.2, 0) is 4.79 Å². The molecule has 0 spiro atoms. The maximum absolute atomic E-state index is 10.6. The fourth-order valence-electron chi connectivity index (χ4n) is 1.02. The maximum atomic E-state index is 10.6. The van der Waals surface area contributed by atoms with Crippen LogP contribution in [0.3, 0.4) is 0 Å². The molecule has 3 heteroatoms. The monoisotopic (exact) mass is 265 g/mol. The first-order valence-electron chi connectivity index (χ1n) is 4.68. The van der Waals surface area contributed by atoms with Gasteiger partial charge in [0.2, 0.25) is 5.91 Å². The first-order valence-corrected chi connectivity index (χ1v) is 5.47. The van der Waals surface area contributed by atoms with Crippen LogP contribution in [0.15, 0.2) is 28.7 Å². The zero-order valence-electron chi connectivity index (χ0n) is 8.51. The molecule has 1 amide bonds. The van der Waals surface area contributed by atoms with Gasteiger partial charge in [-0.1, -0.05) is 24.0 Å². The fourth-order valence-corrected chi connectivity index (χ4v) is 1.41. The van der Waals surface area contributed by atoms with E-state index in [-0.39, 0.29) is 5.91 Å². The van der Waals surface area contributed by atoms with E-state index in [4.69, 9.17) is 0 Å². The van der Waals surface area contributed by atoms with Crippen molar-refractivity contribution in [3.8, 4) is 11.8 Å². The number of halogens is 1. The predicted octanol–water partition coefficient (Wildman–Crippen LogP) is 2.33. The molecule has 0 radical (unpaired) electrons. The molecule has 78 valence electrons. The lowest BCUT2D eigenvalue weighted by molar-refractivity contribution is -0.118. The second kappa shape index (κ2) is 6.26. The number of nitrogens with one attached hydrogen (secondary N) is 1. The number of benzene rings is 1. The molecule has 0 heterocycles. The average molecular weight is 266 g/mol. The van der Waals surface area contributed by atoms with Crippen LogP contribution in [0.5, 0.6) is 0 Å². The van der Waals surface area contributed by atoms with E-state index >= 15 is 0 Å². The van der Waals surface area contributed by atoms with E-state index in [1.165, 1.54) is 6.92 Å². The highest BCUT2D eigenvalue weighted by molar-refractivity contribution is 9.10. The Kier molecular flexibility index (Phi) is 4.92. The van der Waals surface area contributed by atoms with Gasteiger partial charge < -0.3 is 5.32 Å². The Morgan fingerprint density at radius 3 is 2.87 bits per heavy atom. The summed E-state index contributed by atoms with van der Waals surface area (Å²) in [6, 6.07) is 7.81. The maximum Gasteiger partial charge on any atom is 0.216 e. The molecule has 1 aromatic carbocycles. The van der Waals surface area contributed by atoms with Crippen molar-refractivity contribution < 1.29 is 4.79 Å². The number of carbonyl (C=O) groups is 1. The van der Waals surface area contributed by atoms with E-state index in [1.807, 2.05) is 24.3 Å². The molecule has 0 unspecified atom stereocenters. The van der Waals surface area contributed by atoms with Crippen LogP contribution in [0.2, 0.25) is 0 Å². The van der Waals surface area contributed by atoms with Gasteiger partial charge in [-0.15, -0.1) is 0 Å². The molecule has 0 bridgehead atoms. The highest BCUT2D eigenvalue weighted by atomic mass is 79.9. The van der Waals surface area contributed by atoms with E-state index < -0.39 is 0 Å². The minimum absolute atomic E-state index is 0.0160. The van der Waals surface area contributed by atoms with Crippen molar-refractivity contribution in [2.24, 2.45) is 0 Å². The van der Waals surface area contributed by atoms with Crippen molar-refractivity contribution >= 4 is 21.8 Å². The van der Waals surface area contributed by atoms with Gasteiger partial charge in [0.15, 0.2) is 0 Å². The standard InChI is InChI=1S/C12H12BrNO/c1-10(15)14-9-5-4-7-11-6-2-3-8-12(11)13/h2-3,6,8H,5,9H2,1H3,(H,14,15). The summed E-state index contributed by atoms with van der Waals surface area (Å²) in [6.07, 6.45) is 0.668. The van der Waals surface area contributed by atoms with Crippen molar-refractivity contribution in [2.75, 3.05) is 6.54 Å². The molecule has 0 aliphatic rings. The molecule has 1 rings (SSSR count). The Labute approximate surface area is 98.2 Å². The van der Waals surface area contributed by atoms with Gasteiger partial charge in [0.05, 0.1) is 0 Å². The quantitative estimate of drug-likeness (QED) is 0.646. The van der Waals surface area contributed by atoms with E-state index in [0.717, 1.165) is 10.0 Å². The molecule has 0 atom stereocenters. The molecule has 0 fully saturated rings. The summed E-state index contributed by atoms with van der Waals surface area (Å²) in [5.74, 6) is 6.03. The largest absolute Gasteiger partial charge is 0.355 e. The van der Waals surface area contributed by atoms with Crippen LogP contribution in [0.25, 0.3) is 0 Å². The molecule has 0 saturated heterocycles. The van der Waals surface area contributed by atoms with E-state index in [9.17, 15) is 4.79 Å². The van der Waals surface area contributed by atoms with Gasteiger partial charge >= 0.3 is 0 Å². The summed E-state index contributed by atoms with van der Waals surface area (Å²) in [5, 5.41) is 2.69. The molecular formula is C12H12BrNO. The lowest BCUT2D eigenvalue weighted by Crippen LogP contribution is -2.20. The molecule has 0 saturated carbocycles. The number of hydrogen-bond acceptors (Lipinski definition) is 1. The van der Waals surface area contributed by atoms with Crippen LogP contribution < -0.4 is 5.32 Å². The molecule has 15 heavy (non-hydrogen) atoms. The van der Waals surface area contributed by atoms with Gasteiger partial charge in [-0.05, 0) is 28.1 Å². The van der Waals surface area contributed by atoms with Crippen molar-refractivity contribution in [3.05, 3.63) is 34.3 Å². The van der Waals surface area contributed by atoms with E-state index in [1.54, 1.807) is 0 Å². The number of amides is 1. The topological polar surface area (TPSA) is 29.1 Å². The van der Waals surface area contributed by atoms with E-state index in [2.05, 4.69) is 33.1 Å². The summed E-state index contributed by atoms with van der Waals surface area (Å²) < 4.78 is 0.997. The molecule has 0 aliphatic carbocycles. The molecule has 0 aliphatic heterocycles. The first-order chi connectivity index (χ1) is 7.20. The number of hydrogen-bond donors (Lipinski definition) is 1. The average Bonchev–Trinajstić information content (AvgIpc) is 2.20. The number of rotatable bonds is 2. The van der Waals surface area contributed by atoms with Gasteiger partial charge in [0, 0.05) is 29.9 Å². The third-order valence-electron chi connectivity index (χ3n) is 1.72. The normalized spacial score (nSPS) is 8.93. The smallest absolute Gasteiger partial charge is 0.216 e. The summed E-state index contributed by atoms with van der Waals surface area (Å²) >= 11 is 3.42.